The quantitative estimate of drug-likeness (QED) is 0.534. The lowest BCUT2D eigenvalue weighted by atomic mass is 10.1. The van der Waals surface area contributed by atoms with Crippen LogP contribution in [-0.2, 0) is 11.2 Å². The summed E-state index contributed by atoms with van der Waals surface area (Å²) >= 11 is 10.9. The van der Waals surface area contributed by atoms with Gasteiger partial charge in [-0.3, -0.25) is 4.79 Å². The molecule has 2 aromatic carbocycles. The molecule has 1 aliphatic rings. The van der Waals surface area contributed by atoms with Crippen molar-refractivity contribution in [1.82, 2.24) is 5.32 Å². The van der Waals surface area contributed by atoms with Gasteiger partial charge in [0.25, 0.3) is 5.91 Å². The van der Waals surface area contributed by atoms with E-state index in [1.807, 2.05) is 66.4 Å². The molecule has 3 aromatic rings. The smallest absolute Gasteiger partial charge is 0.266 e. The normalized spacial score (nSPS) is 16.4. The van der Waals surface area contributed by atoms with Gasteiger partial charge in [0, 0.05) is 11.3 Å². The average Bonchev–Trinajstić information content (AvgIpc) is 3.24. The first-order valence-corrected chi connectivity index (χ1v) is 10.2. The number of carbonyl (C=O) groups excluding carboxylic acids is 1. The number of furan rings is 1. The van der Waals surface area contributed by atoms with Gasteiger partial charge in [0.2, 0.25) is 0 Å². The van der Waals surface area contributed by atoms with Crippen LogP contribution in [-0.4, -0.2) is 5.91 Å². The summed E-state index contributed by atoms with van der Waals surface area (Å²) < 4.78 is 6.10. The van der Waals surface area contributed by atoms with Crippen LogP contribution in [0.15, 0.2) is 75.7 Å². The van der Waals surface area contributed by atoms with Crippen molar-refractivity contribution in [3.8, 4) is 17.4 Å². The number of amides is 1. The zero-order valence-corrected chi connectivity index (χ0v) is 17.7. The topological polar surface area (TPSA) is 69.3 Å². The Balaban J connectivity index is 1.84. The lowest BCUT2D eigenvalue weighted by Crippen LogP contribution is -2.46. The molecule has 1 atom stereocenters. The van der Waals surface area contributed by atoms with Crippen molar-refractivity contribution in [3.63, 3.8) is 0 Å². The molecular weight excluding hydrogens is 418 g/mol. The molecule has 4 rings (SSSR count). The van der Waals surface area contributed by atoms with Crippen molar-refractivity contribution in [1.29, 1.82) is 5.26 Å². The molecular formula is C23H18ClN3O2S. The van der Waals surface area contributed by atoms with Crippen LogP contribution in [0.4, 0.5) is 5.69 Å². The Bertz CT molecular complexity index is 1190. The molecule has 0 saturated heterocycles. The molecule has 1 unspecified atom stereocenters. The summed E-state index contributed by atoms with van der Waals surface area (Å²) in [6.07, 6.45) is 0.116. The minimum absolute atomic E-state index is 0.0432. The van der Waals surface area contributed by atoms with Crippen LogP contribution in [0.3, 0.4) is 0 Å². The number of thiol groups is 1. The average molecular weight is 436 g/mol. The first kappa shape index (κ1) is 20.1. The number of halogens is 1. The molecule has 1 amide bonds. The van der Waals surface area contributed by atoms with E-state index < -0.39 is 12.1 Å². The van der Waals surface area contributed by atoms with Gasteiger partial charge in [-0.25, -0.2) is 0 Å². The van der Waals surface area contributed by atoms with Crippen LogP contribution < -0.4 is 10.2 Å². The molecule has 0 aliphatic carbocycles. The fourth-order valence-corrected chi connectivity index (χ4v) is 4.11. The number of nitrogens with zero attached hydrogens (tertiary/aromatic N) is 2. The molecule has 0 radical (unpaired) electrons. The maximum absolute atomic E-state index is 12.6. The van der Waals surface area contributed by atoms with Crippen molar-refractivity contribution in [2.75, 3.05) is 4.90 Å². The summed E-state index contributed by atoms with van der Waals surface area (Å²) in [5, 5.41) is 13.2. The predicted octanol–water partition coefficient (Wildman–Crippen LogP) is 5.46. The number of aryl methyl sites for hydroxylation is 1. The zero-order valence-electron chi connectivity index (χ0n) is 16.1. The van der Waals surface area contributed by atoms with E-state index in [4.69, 9.17) is 16.0 Å². The minimum atomic E-state index is -0.661. The van der Waals surface area contributed by atoms with Gasteiger partial charge in [-0.1, -0.05) is 48.9 Å². The van der Waals surface area contributed by atoms with E-state index in [0.717, 1.165) is 23.2 Å². The van der Waals surface area contributed by atoms with Crippen molar-refractivity contribution in [2.24, 2.45) is 0 Å². The highest BCUT2D eigenvalue weighted by Gasteiger charge is 2.36. The summed E-state index contributed by atoms with van der Waals surface area (Å²) in [6, 6.07) is 20.8. The Morgan fingerprint density at radius 3 is 2.63 bits per heavy atom. The van der Waals surface area contributed by atoms with Gasteiger partial charge in [-0.15, -0.1) is 12.6 Å². The van der Waals surface area contributed by atoms with Crippen LogP contribution in [0.2, 0.25) is 5.02 Å². The van der Waals surface area contributed by atoms with Gasteiger partial charge < -0.3 is 14.6 Å². The second-order valence-corrected chi connectivity index (χ2v) is 7.55. The summed E-state index contributed by atoms with van der Waals surface area (Å²) in [7, 11) is 0. The van der Waals surface area contributed by atoms with E-state index >= 15 is 0 Å². The molecule has 1 N–H and O–H groups in total. The molecule has 30 heavy (non-hydrogen) atoms. The SMILES string of the molecule is CCc1ccccc1N1C(S)=C(C#N)C(=O)NC1c1ccc(-c2ccccc2Cl)o1. The molecule has 0 fully saturated rings. The molecule has 5 nitrogen and oxygen atoms in total. The van der Waals surface area contributed by atoms with Gasteiger partial charge in [0.15, 0.2) is 6.17 Å². The van der Waals surface area contributed by atoms with Crippen molar-refractivity contribution in [3.05, 3.63) is 87.6 Å². The largest absolute Gasteiger partial charge is 0.457 e. The molecule has 0 bridgehead atoms. The molecule has 1 aromatic heterocycles. The summed E-state index contributed by atoms with van der Waals surface area (Å²) in [4.78, 5) is 14.4. The van der Waals surface area contributed by atoms with E-state index in [2.05, 4.69) is 17.9 Å². The van der Waals surface area contributed by atoms with Crippen LogP contribution in [0, 0.1) is 11.3 Å². The number of carbonyl (C=O) groups is 1. The third kappa shape index (κ3) is 3.47. The second kappa shape index (κ2) is 8.31. The second-order valence-electron chi connectivity index (χ2n) is 6.72. The number of para-hydroxylation sites is 1. The number of hydrogen-bond acceptors (Lipinski definition) is 5. The van der Waals surface area contributed by atoms with Crippen LogP contribution in [0.5, 0.6) is 0 Å². The molecule has 0 saturated carbocycles. The van der Waals surface area contributed by atoms with Crippen molar-refractivity contribution in [2.45, 2.75) is 19.5 Å². The fraction of sp³-hybridized carbons (Fsp3) is 0.130. The zero-order chi connectivity index (χ0) is 21.3. The number of nitrogens with one attached hydrogen (secondary N) is 1. The monoisotopic (exact) mass is 435 g/mol. The minimum Gasteiger partial charge on any atom is -0.457 e. The maximum atomic E-state index is 12.6. The van der Waals surface area contributed by atoms with E-state index in [1.54, 1.807) is 12.1 Å². The Kier molecular flexibility index (Phi) is 5.58. The van der Waals surface area contributed by atoms with Gasteiger partial charge in [-0.2, -0.15) is 5.26 Å². The highest BCUT2D eigenvalue weighted by molar-refractivity contribution is 7.84. The van der Waals surface area contributed by atoms with E-state index in [-0.39, 0.29) is 10.6 Å². The summed E-state index contributed by atoms with van der Waals surface area (Å²) in [6.45, 7) is 2.05. The number of nitriles is 1. The third-order valence-electron chi connectivity index (χ3n) is 4.98. The van der Waals surface area contributed by atoms with Gasteiger partial charge in [0.05, 0.1) is 10.1 Å². The highest BCUT2D eigenvalue weighted by Crippen LogP contribution is 2.39. The van der Waals surface area contributed by atoms with Gasteiger partial charge >= 0.3 is 0 Å². The fourth-order valence-electron chi connectivity index (χ4n) is 3.51. The van der Waals surface area contributed by atoms with E-state index in [1.165, 1.54) is 0 Å². The molecule has 1 aliphatic heterocycles. The number of benzene rings is 2. The third-order valence-corrected chi connectivity index (χ3v) is 5.75. The maximum Gasteiger partial charge on any atom is 0.266 e. The van der Waals surface area contributed by atoms with Crippen molar-refractivity contribution >= 4 is 35.8 Å². The lowest BCUT2D eigenvalue weighted by Gasteiger charge is -2.37. The molecule has 7 heteroatoms. The predicted molar refractivity (Wildman–Crippen MR) is 120 cm³/mol. The Morgan fingerprint density at radius 2 is 1.90 bits per heavy atom. The Hall–Kier alpha value is -3.14. The van der Waals surface area contributed by atoms with E-state index in [0.29, 0.717) is 16.5 Å². The highest BCUT2D eigenvalue weighted by atomic mass is 35.5. The Labute approximate surface area is 185 Å². The van der Waals surface area contributed by atoms with Crippen LogP contribution >= 0.6 is 24.2 Å². The summed E-state index contributed by atoms with van der Waals surface area (Å²) in [5.74, 6) is 0.602. The van der Waals surface area contributed by atoms with Gasteiger partial charge in [-0.05, 0) is 42.3 Å². The lowest BCUT2D eigenvalue weighted by molar-refractivity contribution is -0.118. The standard InChI is InChI=1S/C23H18ClN3O2S/c1-2-14-7-3-6-10-18(14)27-21(26-22(28)16(13-25)23(27)30)20-12-11-19(29-20)15-8-4-5-9-17(15)24/h3-12,21,30H,2H2,1H3,(H,26,28). The Morgan fingerprint density at radius 1 is 1.17 bits per heavy atom. The number of hydrogen-bond donors (Lipinski definition) is 2. The van der Waals surface area contributed by atoms with Crippen LogP contribution in [0.25, 0.3) is 11.3 Å². The molecule has 150 valence electrons. The van der Waals surface area contributed by atoms with Crippen LogP contribution in [0.1, 0.15) is 24.4 Å². The first-order chi connectivity index (χ1) is 14.5. The van der Waals surface area contributed by atoms with Crippen molar-refractivity contribution < 1.29 is 9.21 Å². The summed E-state index contributed by atoms with van der Waals surface area (Å²) in [5.41, 5.74) is 2.62. The number of rotatable bonds is 4. The molecule has 2 heterocycles. The van der Waals surface area contributed by atoms with E-state index in [9.17, 15) is 10.1 Å². The molecule has 0 spiro atoms. The van der Waals surface area contributed by atoms with Gasteiger partial charge in [0.1, 0.15) is 23.2 Å². The number of anilines is 1. The first-order valence-electron chi connectivity index (χ1n) is 9.41.